The molecule has 3 nitrogen and oxygen atoms in total. The molecule has 0 fully saturated rings. The number of pyridine rings is 1. The van der Waals surface area contributed by atoms with Gasteiger partial charge in [0.2, 0.25) is 0 Å². The van der Waals surface area contributed by atoms with Crippen molar-refractivity contribution in [2.45, 2.75) is 30.2 Å². The van der Waals surface area contributed by atoms with E-state index in [0.29, 0.717) is 5.25 Å². The molecular weight excluding hydrogens is 198 g/mol. The van der Waals surface area contributed by atoms with Gasteiger partial charge in [-0.1, -0.05) is 13.0 Å². The third kappa shape index (κ3) is 3.65. The van der Waals surface area contributed by atoms with Crippen LogP contribution in [-0.4, -0.2) is 27.1 Å². The largest absolute Gasteiger partial charge is 0.396 e. The van der Waals surface area contributed by atoms with Crippen LogP contribution < -0.4 is 0 Å². The first-order valence-corrected chi connectivity index (χ1v) is 5.47. The third-order valence-corrected chi connectivity index (χ3v) is 2.96. The summed E-state index contributed by atoms with van der Waals surface area (Å²) in [6.45, 7) is 2.30. The van der Waals surface area contributed by atoms with Crippen LogP contribution in [0.4, 0.5) is 0 Å². The summed E-state index contributed by atoms with van der Waals surface area (Å²) in [7, 11) is 0. The molecule has 2 N–H and O–H groups in total. The topological polar surface area (TPSA) is 53.4 Å². The number of thioether (sulfide) groups is 1. The van der Waals surface area contributed by atoms with Crippen molar-refractivity contribution in [3.05, 3.63) is 23.9 Å². The van der Waals surface area contributed by atoms with Crippen LogP contribution in [0.1, 0.15) is 18.9 Å². The SMILES string of the molecule is CC(CCO)Sc1ccc(CO)cn1. The molecule has 1 aromatic rings. The lowest BCUT2D eigenvalue weighted by Crippen LogP contribution is -1.99. The lowest BCUT2D eigenvalue weighted by atomic mass is 10.3. The van der Waals surface area contributed by atoms with Gasteiger partial charge in [-0.25, -0.2) is 4.98 Å². The number of aliphatic hydroxyl groups excluding tert-OH is 2. The summed E-state index contributed by atoms with van der Waals surface area (Å²) in [6, 6.07) is 3.76. The van der Waals surface area contributed by atoms with Crippen LogP contribution in [0.25, 0.3) is 0 Å². The van der Waals surface area contributed by atoms with Gasteiger partial charge >= 0.3 is 0 Å². The van der Waals surface area contributed by atoms with Crippen LogP contribution in [0.15, 0.2) is 23.4 Å². The molecule has 0 spiro atoms. The summed E-state index contributed by atoms with van der Waals surface area (Å²) in [5, 5.41) is 18.8. The Bertz CT molecular complexity index is 263. The highest BCUT2D eigenvalue weighted by molar-refractivity contribution is 7.99. The van der Waals surface area contributed by atoms with Crippen LogP contribution in [0.5, 0.6) is 0 Å². The highest BCUT2D eigenvalue weighted by Gasteiger charge is 2.04. The average molecular weight is 213 g/mol. The van der Waals surface area contributed by atoms with Crippen molar-refractivity contribution >= 4 is 11.8 Å². The maximum absolute atomic E-state index is 8.81. The van der Waals surface area contributed by atoms with Gasteiger partial charge < -0.3 is 10.2 Å². The van der Waals surface area contributed by atoms with Crippen LogP contribution in [0.2, 0.25) is 0 Å². The molecule has 1 atom stereocenters. The number of nitrogens with zero attached hydrogens (tertiary/aromatic N) is 1. The second-order valence-corrected chi connectivity index (χ2v) is 4.56. The van der Waals surface area contributed by atoms with E-state index < -0.39 is 0 Å². The molecule has 0 saturated carbocycles. The molecule has 0 radical (unpaired) electrons. The molecule has 0 aliphatic carbocycles. The van der Waals surface area contributed by atoms with E-state index >= 15 is 0 Å². The molecule has 78 valence electrons. The van der Waals surface area contributed by atoms with Crippen molar-refractivity contribution in [1.82, 2.24) is 4.98 Å². The monoisotopic (exact) mass is 213 g/mol. The van der Waals surface area contributed by atoms with Crippen molar-refractivity contribution in [1.29, 1.82) is 0 Å². The summed E-state index contributed by atoms with van der Waals surface area (Å²) in [4.78, 5) is 4.19. The molecule has 0 aliphatic rings. The Labute approximate surface area is 88.2 Å². The highest BCUT2D eigenvalue weighted by atomic mass is 32.2. The molecule has 1 unspecified atom stereocenters. The quantitative estimate of drug-likeness (QED) is 0.727. The number of rotatable bonds is 5. The first-order chi connectivity index (χ1) is 6.76. The second kappa shape index (κ2) is 6.01. The fourth-order valence-corrected chi connectivity index (χ4v) is 1.92. The number of aliphatic hydroxyl groups is 2. The Morgan fingerprint density at radius 2 is 2.21 bits per heavy atom. The molecule has 0 bridgehead atoms. The molecule has 1 rings (SSSR count). The number of aromatic nitrogens is 1. The normalized spacial score (nSPS) is 12.8. The minimum absolute atomic E-state index is 0.0319. The van der Waals surface area contributed by atoms with Crippen molar-refractivity contribution < 1.29 is 10.2 Å². The molecule has 0 aromatic carbocycles. The zero-order valence-corrected chi connectivity index (χ0v) is 9.00. The zero-order valence-electron chi connectivity index (χ0n) is 8.18. The van der Waals surface area contributed by atoms with Gasteiger partial charge in [0.15, 0.2) is 0 Å². The van der Waals surface area contributed by atoms with E-state index in [2.05, 4.69) is 11.9 Å². The van der Waals surface area contributed by atoms with Gasteiger partial charge in [-0.2, -0.15) is 0 Å². The van der Waals surface area contributed by atoms with Crippen molar-refractivity contribution in [3.8, 4) is 0 Å². The minimum Gasteiger partial charge on any atom is -0.396 e. The van der Waals surface area contributed by atoms with E-state index in [1.54, 1.807) is 18.0 Å². The minimum atomic E-state index is 0.0319. The predicted octanol–water partition coefficient (Wildman–Crippen LogP) is 1.44. The van der Waals surface area contributed by atoms with E-state index in [9.17, 15) is 0 Å². The van der Waals surface area contributed by atoms with Crippen LogP contribution >= 0.6 is 11.8 Å². The summed E-state index contributed by atoms with van der Waals surface area (Å²) in [5.41, 5.74) is 0.823. The highest BCUT2D eigenvalue weighted by Crippen LogP contribution is 2.22. The Hall–Kier alpha value is -0.580. The standard InChI is InChI=1S/C10H15NO2S/c1-8(4-5-12)14-10-3-2-9(7-13)6-11-10/h2-3,6,8,12-13H,4-5,7H2,1H3. The van der Waals surface area contributed by atoms with Crippen LogP contribution in [-0.2, 0) is 6.61 Å². The van der Waals surface area contributed by atoms with E-state index in [1.807, 2.05) is 12.1 Å². The van der Waals surface area contributed by atoms with E-state index in [1.165, 1.54) is 0 Å². The van der Waals surface area contributed by atoms with Crippen molar-refractivity contribution in [2.24, 2.45) is 0 Å². The van der Waals surface area contributed by atoms with Crippen molar-refractivity contribution in [2.75, 3.05) is 6.61 Å². The van der Waals surface area contributed by atoms with E-state index in [-0.39, 0.29) is 13.2 Å². The van der Waals surface area contributed by atoms with Gasteiger partial charge in [-0.15, -0.1) is 11.8 Å². The molecule has 1 heterocycles. The molecule has 0 amide bonds. The maximum Gasteiger partial charge on any atom is 0.0962 e. The molecule has 0 aliphatic heterocycles. The Morgan fingerprint density at radius 3 is 2.71 bits per heavy atom. The van der Waals surface area contributed by atoms with Crippen LogP contribution in [0, 0.1) is 0 Å². The first-order valence-electron chi connectivity index (χ1n) is 4.59. The maximum atomic E-state index is 8.81. The fourth-order valence-electron chi connectivity index (χ4n) is 1.02. The summed E-state index contributed by atoms with van der Waals surface area (Å²) in [5.74, 6) is 0. The van der Waals surface area contributed by atoms with Gasteiger partial charge in [-0.3, -0.25) is 0 Å². The summed E-state index contributed by atoms with van der Waals surface area (Å²) < 4.78 is 0. The smallest absolute Gasteiger partial charge is 0.0962 e. The van der Waals surface area contributed by atoms with Gasteiger partial charge in [0.25, 0.3) is 0 Å². The van der Waals surface area contributed by atoms with E-state index in [0.717, 1.165) is 17.0 Å². The number of hydrogen-bond donors (Lipinski definition) is 2. The molecular formula is C10H15NO2S. The summed E-state index contributed by atoms with van der Waals surface area (Å²) >= 11 is 1.63. The van der Waals surface area contributed by atoms with Gasteiger partial charge in [-0.05, 0) is 18.1 Å². The predicted molar refractivity (Wildman–Crippen MR) is 57.2 cm³/mol. The third-order valence-electron chi connectivity index (χ3n) is 1.84. The second-order valence-electron chi connectivity index (χ2n) is 3.10. The average Bonchev–Trinajstić information content (AvgIpc) is 2.19. The zero-order chi connectivity index (χ0) is 10.4. The lowest BCUT2D eigenvalue weighted by Gasteiger charge is -2.08. The van der Waals surface area contributed by atoms with Gasteiger partial charge in [0, 0.05) is 18.1 Å². The van der Waals surface area contributed by atoms with Crippen LogP contribution in [0.3, 0.4) is 0 Å². The van der Waals surface area contributed by atoms with Crippen molar-refractivity contribution in [3.63, 3.8) is 0 Å². The lowest BCUT2D eigenvalue weighted by molar-refractivity contribution is 0.281. The van der Waals surface area contributed by atoms with E-state index in [4.69, 9.17) is 10.2 Å². The Kier molecular flexibility index (Phi) is 4.93. The molecule has 1 aromatic heterocycles. The summed E-state index contributed by atoms with van der Waals surface area (Å²) in [6.07, 6.45) is 2.45. The Balaban J connectivity index is 2.50. The first kappa shape index (κ1) is 11.5. The van der Waals surface area contributed by atoms with Gasteiger partial charge in [0.05, 0.1) is 11.6 Å². The Morgan fingerprint density at radius 1 is 1.43 bits per heavy atom. The molecule has 0 saturated heterocycles. The molecule has 4 heteroatoms. The number of hydrogen-bond acceptors (Lipinski definition) is 4. The molecule has 14 heavy (non-hydrogen) atoms. The van der Waals surface area contributed by atoms with Gasteiger partial charge in [0.1, 0.15) is 0 Å². The fraction of sp³-hybridized carbons (Fsp3) is 0.500.